The molecule has 0 aliphatic heterocycles. The van der Waals surface area contributed by atoms with Gasteiger partial charge in [-0.3, -0.25) is 5.10 Å². The first-order chi connectivity index (χ1) is 12.3. The quantitative estimate of drug-likeness (QED) is 0.682. The summed E-state index contributed by atoms with van der Waals surface area (Å²) in [6, 6.07) is 9.84. The number of hydrogen-bond donors (Lipinski definition) is 2. The third kappa shape index (κ3) is 2.89. The van der Waals surface area contributed by atoms with Gasteiger partial charge in [-0.15, -0.1) is 0 Å². The minimum atomic E-state index is -4.61. The first-order valence-electron chi connectivity index (χ1n) is 7.84. The summed E-state index contributed by atoms with van der Waals surface area (Å²) in [5.74, 6) is 0.273. The average molecular weight is 362 g/mol. The van der Waals surface area contributed by atoms with E-state index in [0.29, 0.717) is 22.4 Å². The van der Waals surface area contributed by atoms with Crippen LogP contribution in [0.2, 0.25) is 0 Å². The van der Waals surface area contributed by atoms with E-state index >= 15 is 0 Å². The van der Waals surface area contributed by atoms with Gasteiger partial charge in [0, 0.05) is 16.7 Å². The number of aryl methyl sites for hydroxylation is 1. The van der Waals surface area contributed by atoms with Gasteiger partial charge in [0.05, 0.1) is 7.11 Å². The molecule has 1 heterocycles. The van der Waals surface area contributed by atoms with E-state index in [0.717, 1.165) is 0 Å². The van der Waals surface area contributed by atoms with Crippen LogP contribution in [-0.4, -0.2) is 22.4 Å². The molecule has 0 aliphatic carbocycles. The largest absolute Gasteiger partial charge is 0.507 e. The van der Waals surface area contributed by atoms with Crippen LogP contribution < -0.4 is 4.74 Å². The molecule has 0 unspecified atom stereocenters. The Labute approximate surface area is 148 Å². The van der Waals surface area contributed by atoms with Gasteiger partial charge in [-0.2, -0.15) is 18.3 Å². The van der Waals surface area contributed by atoms with Gasteiger partial charge < -0.3 is 9.84 Å². The summed E-state index contributed by atoms with van der Waals surface area (Å²) >= 11 is 0. The maximum absolute atomic E-state index is 13.5. The Hall–Kier alpha value is -2.96. The molecule has 0 amide bonds. The standard InChI is InChI=1S/C19H17F3N2O2/c1-10-6-4-5-7-12(10)15-16(23-24-18(15)19(20,21)22)13-8-9-14(26-3)11(2)17(13)25/h4-9,25H,1-3H3,(H,23,24). The van der Waals surface area contributed by atoms with Gasteiger partial charge in [0.15, 0.2) is 0 Å². The lowest BCUT2D eigenvalue weighted by molar-refractivity contribution is -0.140. The molecule has 0 aliphatic rings. The van der Waals surface area contributed by atoms with Crippen molar-refractivity contribution in [1.29, 1.82) is 0 Å². The Morgan fingerprint density at radius 1 is 1.04 bits per heavy atom. The van der Waals surface area contributed by atoms with Gasteiger partial charge in [0.2, 0.25) is 0 Å². The summed E-state index contributed by atoms with van der Waals surface area (Å²) < 4.78 is 45.8. The lowest BCUT2D eigenvalue weighted by atomic mass is 9.94. The number of ether oxygens (including phenoxy) is 1. The molecule has 2 aromatic carbocycles. The molecular formula is C19H17F3N2O2. The topological polar surface area (TPSA) is 58.1 Å². The van der Waals surface area contributed by atoms with Crippen molar-refractivity contribution in [2.45, 2.75) is 20.0 Å². The third-order valence-electron chi connectivity index (χ3n) is 4.32. The summed E-state index contributed by atoms with van der Waals surface area (Å²) in [6.45, 7) is 3.35. The fourth-order valence-corrected chi connectivity index (χ4v) is 2.95. The second-order valence-electron chi connectivity index (χ2n) is 5.92. The highest BCUT2D eigenvalue weighted by Crippen LogP contribution is 2.45. The smallest absolute Gasteiger partial charge is 0.433 e. The molecule has 3 rings (SSSR count). The first kappa shape index (κ1) is 17.8. The monoisotopic (exact) mass is 362 g/mol. The van der Waals surface area contributed by atoms with Gasteiger partial charge in [-0.1, -0.05) is 24.3 Å². The van der Waals surface area contributed by atoms with Crippen LogP contribution in [0, 0.1) is 13.8 Å². The summed E-state index contributed by atoms with van der Waals surface area (Å²) in [6.07, 6.45) is -4.61. The van der Waals surface area contributed by atoms with E-state index in [1.54, 1.807) is 44.2 Å². The average Bonchev–Trinajstić information content (AvgIpc) is 3.02. The zero-order valence-electron chi connectivity index (χ0n) is 14.4. The number of hydrogen-bond acceptors (Lipinski definition) is 3. The molecule has 136 valence electrons. The molecule has 0 atom stereocenters. The van der Waals surface area contributed by atoms with Crippen molar-refractivity contribution in [3.05, 3.63) is 53.2 Å². The van der Waals surface area contributed by atoms with Crippen LogP contribution in [0.15, 0.2) is 36.4 Å². The number of aromatic amines is 1. The van der Waals surface area contributed by atoms with Crippen LogP contribution >= 0.6 is 0 Å². The molecule has 0 radical (unpaired) electrons. The predicted molar refractivity (Wildman–Crippen MR) is 92.2 cm³/mol. The van der Waals surface area contributed by atoms with Crippen LogP contribution in [0.3, 0.4) is 0 Å². The van der Waals surface area contributed by atoms with Gasteiger partial charge in [-0.05, 0) is 37.1 Å². The lowest BCUT2D eigenvalue weighted by Gasteiger charge is -2.14. The number of nitrogens with one attached hydrogen (secondary N) is 1. The molecular weight excluding hydrogens is 345 g/mol. The van der Waals surface area contributed by atoms with Gasteiger partial charge in [0.1, 0.15) is 22.9 Å². The van der Waals surface area contributed by atoms with E-state index < -0.39 is 11.9 Å². The summed E-state index contributed by atoms with van der Waals surface area (Å²) in [7, 11) is 1.45. The molecule has 0 bridgehead atoms. The Bertz CT molecular complexity index is 962. The van der Waals surface area contributed by atoms with Gasteiger partial charge in [0.25, 0.3) is 0 Å². The first-order valence-corrected chi connectivity index (χ1v) is 7.84. The van der Waals surface area contributed by atoms with E-state index in [9.17, 15) is 18.3 Å². The van der Waals surface area contributed by atoms with E-state index in [1.165, 1.54) is 13.2 Å². The Morgan fingerprint density at radius 3 is 2.35 bits per heavy atom. The number of halogens is 3. The number of phenolic OH excluding ortho intramolecular Hbond substituents is 1. The highest BCUT2D eigenvalue weighted by atomic mass is 19.4. The Kier molecular flexibility index (Phi) is 4.39. The number of aromatic hydroxyl groups is 1. The fraction of sp³-hybridized carbons (Fsp3) is 0.211. The number of H-pyrrole nitrogens is 1. The van der Waals surface area contributed by atoms with Crippen molar-refractivity contribution in [3.63, 3.8) is 0 Å². The van der Waals surface area contributed by atoms with Crippen LogP contribution in [0.1, 0.15) is 16.8 Å². The van der Waals surface area contributed by atoms with E-state index in [4.69, 9.17) is 4.74 Å². The van der Waals surface area contributed by atoms with Crippen molar-refractivity contribution in [3.8, 4) is 33.9 Å². The van der Waals surface area contributed by atoms with E-state index in [1.807, 2.05) is 0 Å². The number of aromatic nitrogens is 2. The summed E-state index contributed by atoms with van der Waals surface area (Å²) in [5, 5.41) is 16.5. The van der Waals surface area contributed by atoms with Crippen molar-refractivity contribution >= 4 is 0 Å². The number of phenols is 1. The van der Waals surface area contributed by atoms with Crippen LogP contribution in [0.4, 0.5) is 13.2 Å². The third-order valence-corrected chi connectivity index (χ3v) is 4.32. The maximum atomic E-state index is 13.5. The van der Waals surface area contributed by atoms with E-state index in [-0.39, 0.29) is 22.6 Å². The normalized spacial score (nSPS) is 11.6. The highest BCUT2D eigenvalue weighted by molar-refractivity contribution is 5.87. The Balaban J connectivity index is 2.33. The second-order valence-corrected chi connectivity index (χ2v) is 5.92. The number of methoxy groups -OCH3 is 1. The van der Waals surface area contributed by atoms with Gasteiger partial charge >= 0.3 is 6.18 Å². The van der Waals surface area contributed by atoms with Crippen LogP contribution in [0.25, 0.3) is 22.4 Å². The Morgan fingerprint density at radius 2 is 1.73 bits per heavy atom. The number of alkyl halides is 3. The van der Waals surface area contributed by atoms with Crippen LogP contribution in [-0.2, 0) is 6.18 Å². The number of rotatable bonds is 3. The molecule has 2 N–H and O–H groups in total. The minimum absolute atomic E-state index is 0.0369. The predicted octanol–water partition coefficient (Wildman–Crippen LogP) is 5.09. The zero-order chi connectivity index (χ0) is 19.1. The van der Waals surface area contributed by atoms with Crippen molar-refractivity contribution in [2.75, 3.05) is 7.11 Å². The van der Waals surface area contributed by atoms with Crippen LogP contribution in [0.5, 0.6) is 11.5 Å². The SMILES string of the molecule is COc1ccc(-c2n[nH]c(C(F)(F)F)c2-c2ccccc2C)c(O)c1C. The zero-order valence-corrected chi connectivity index (χ0v) is 14.4. The van der Waals surface area contributed by atoms with Gasteiger partial charge in [-0.25, -0.2) is 0 Å². The summed E-state index contributed by atoms with van der Waals surface area (Å²) in [4.78, 5) is 0. The fourth-order valence-electron chi connectivity index (χ4n) is 2.95. The van der Waals surface area contributed by atoms with E-state index in [2.05, 4.69) is 10.2 Å². The highest BCUT2D eigenvalue weighted by Gasteiger charge is 2.38. The molecule has 0 saturated carbocycles. The molecule has 0 fully saturated rings. The van der Waals surface area contributed by atoms with Crippen molar-refractivity contribution in [1.82, 2.24) is 10.2 Å². The maximum Gasteiger partial charge on any atom is 0.433 e. The molecule has 1 aromatic heterocycles. The van der Waals surface area contributed by atoms with Crippen molar-refractivity contribution < 1.29 is 23.0 Å². The number of nitrogens with zero attached hydrogens (tertiary/aromatic N) is 1. The second kappa shape index (κ2) is 6.40. The number of benzene rings is 2. The molecule has 4 nitrogen and oxygen atoms in total. The summed E-state index contributed by atoms with van der Waals surface area (Å²) in [5.41, 5.74) is 0.701. The lowest BCUT2D eigenvalue weighted by Crippen LogP contribution is -2.07. The molecule has 0 saturated heterocycles. The molecule has 3 aromatic rings. The minimum Gasteiger partial charge on any atom is -0.507 e. The molecule has 7 heteroatoms. The molecule has 0 spiro atoms. The van der Waals surface area contributed by atoms with Crippen molar-refractivity contribution in [2.24, 2.45) is 0 Å². The molecule has 26 heavy (non-hydrogen) atoms.